The third kappa shape index (κ3) is 3.14. The third-order valence-electron chi connectivity index (χ3n) is 3.26. The van der Waals surface area contributed by atoms with Crippen molar-refractivity contribution < 1.29 is 4.79 Å². The molecule has 0 N–H and O–H groups in total. The Morgan fingerprint density at radius 2 is 2.00 bits per heavy atom. The van der Waals surface area contributed by atoms with Crippen molar-refractivity contribution in [1.82, 2.24) is 9.88 Å². The van der Waals surface area contributed by atoms with Gasteiger partial charge in [0.05, 0.1) is 15.7 Å². The Labute approximate surface area is 135 Å². The van der Waals surface area contributed by atoms with E-state index in [2.05, 4.69) is 20.9 Å². The summed E-state index contributed by atoms with van der Waals surface area (Å²) < 4.78 is 2.08. The van der Waals surface area contributed by atoms with E-state index in [0.29, 0.717) is 12.1 Å². The summed E-state index contributed by atoms with van der Waals surface area (Å²) in [6.07, 6.45) is 0. The van der Waals surface area contributed by atoms with Crippen LogP contribution in [0.1, 0.15) is 15.9 Å². The number of carbonyl (C=O) groups is 1. The fourth-order valence-corrected chi connectivity index (χ4v) is 3.12. The summed E-state index contributed by atoms with van der Waals surface area (Å²) in [5.74, 6) is 0.0215. The molecule has 0 unspecified atom stereocenters. The van der Waals surface area contributed by atoms with E-state index in [1.54, 1.807) is 21.7 Å². The summed E-state index contributed by atoms with van der Waals surface area (Å²) in [5.41, 5.74) is 4.54. The van der Waals surface area contributed by atoms with Crippen LogP contribution in [0.2, 0.25) is 0 Å². The Kier molecular flexibility index (Phi) is 4.03. The molecule has 0 aliphatic rings. The van der Waals surface area contributed by atoms with Crippen molar-refractivity contribution in [2.24, 2.45) is 0 Å². The number of fused-ring (bicyclic) bond motifs is 1. The highest BCUT2D eigenvalue weighted by atomic mass is 79.9. The van der Waals surface area contributed by atoms with Gasteiger partial charge in [-0.1, -0.05) is 28.1 Å². The number of carbonyl (C=O) groups excluding carboxylic acids is 1. The number of halogens is 1. The highest BCUT2D eigenvalue weighted by Gasteiger charge is 2.13. The molecule has 0 atom stereocenters. The molecule has 0 aliphatic heterocycles. The zero-order valence-corrected chi connectivity index (χ0v) is 13.8. The first kappa shape index (κ1) is 14.2. The number of hydrogen-bond acceptors (Lipinski definition) is 3. The van der Waals surface area contributed by atoms with Crippen molar-refractivity contribution in [3.05, 3.63) is 63.6 Å². The number of rotatable bonds is 3. The maximum Gasteiger partial charge on any atom is 0.253 e. The first-order valence-corrected chi connectivity index (χ1v) is 8.14. The molecule has 21 heavy (non-hydrogen) atoms. The lowest BCUT2D eigenvalue weighted by Crippen LogP contribution is -2.26. The number of hydrogen-bond donors (Lipinski definition) is 0. The van der Waals surface area contributed by atoms with Gasteiger partial charge in [0.2, 0.25) is 0 Å². The lowest BCUT2D eigenvalue weighted by atomic mass is 10.1. The van der Waals surface area contributed by atoms with Crippen LogP contribution in [0.15, 0.2) is 52.4 Å². The highest BCUT2D eigenvalue weighted by molar-refractivity contribution is 9.10. The second kappa shape index (κ2) is 5.95. The van der Waals surface area contributed by atoms with Crippen LogP contribution in [-0.4, -0.2) is 22.8 Å². The Hall–Kier alpha value is -1.72. The minimum absolute atomic E-state index is 0.0215. The third-order valence-corrected chi connectivity index (χ3v) is 4.58. The van der Waals surface area contributed by atoms with Crippen molar-refractivity contribution in [3.63, 3.8) is 0 Å². The summed E-state index contributed by atoms with van der Waals surface area (Å²) in [5, 5.41) is 0. The Morgan fingerprint density at radius 3 is 2.76 bits per heavy atom. The van der Waals surface area contributed by atoms with Crippen molar-refractivity contribution in [2.45, 2.75) is 6.54 Å². The molecule has 3 nitrogen and oxygen atoms in total. The standard InChI is InChI=1S/C16H13BrN2OS/c1-19(9-11-2-5-13(17)6-3-11)16(20)12-4-7-14-15(8-12)21-10-18-14/h2-8,10H,9H2,1H3. The Balaban J connectivity index is 1.78. The van der Waals surface area contributed by atoms with Crippen LogP contribution in [0.25, 0.3) is 10.2 Å². The van der Waals surface area contributed by atoms with E-state index in [-0.39, 0.29) is 5.91 Å². The van der Waals surface area contributed by atoms with E-state index in [4.69, 9.17) is 0 Å². The number of benzene rings is 2. The molecule has 2 aromatic carbocycles. The molecule has 1 aromatic heterocycles. The molecule has 5 heteroatoms. The zero-order valence-electron chi connectivity index (χ0n) is 11.4. The van der Waals surface area contributed by atoms with Gasteiger partial charge in [-0.25, -0.2) is 4.98 Å². The fraction of sp³-hybridized carbons (Fsp3) is 0.125. The van der Waals surface area contributed by atoms with Gasteiger partial charge in [-0.15, -0.1) is 11.3 Å². The Morgan fingerprint density at radius 1 is 1.24 bits per heavy atom. The largest absolute Gasteiger partial charge is 0.337 e. The molecule has 0 radical (unpaired) electrons. The molecule has 0 spiro atoms. The van der Waals surface area contributed by atoms with E-state index in [9.17, 15) is 4.79 Å². The summed E-state index contributed by atoms with van der Waals surface area (Å²) in [4.78, 5) is 18.4. The highest BCUT2D eigenvalue weighted by Crippen LogP contribution is 2.20. The average molecular weight is 361 g/mol. The predicted octanol–water partition coefficient (Wildman–Crippen LogP) is 4.33. The Bertz CT molecular complexity index is 782. The monoisotopic (exact) mass is 360 g/mol. The molecule has 0 bridgehead atoms. The molecule has 3 rings (SSSR count). The molecule has 0 fully saturated rings. The molecule has 0 saturated heterocycles. The molecule has 106 valence electrons. The van der Waals surface area contributed by atoms with Gasteiger partial charge < -0.3 is 4.90 Å². The molecule has 3 aromatic rings. The van der Waals surface area contributed by atoms with Crippen molar-refractivity contribution in [1.29, 1.82) is 0 Å². The number of amides is 1. The van der Waals surface area contributed by atoms with Crippen LogP contribution in [0.3, 0.4) is 0 Å². The maximum atomic E-state index is 12.5. The number of aromatic nitrogens is 1. The summed E-state index contributed by atoms with van der Waals surface area (Å²) >= 11 is 4.96. The summed E-state index contributed by atoms with van der Waals surface area (Å²) in [6, 6.07) is 13.6. The van der Waals surface area contributed by atoms with E-state index in [1.807, 2.05) is 49.5 Å². The normalized spacial score (nSPS) is 10.8. The van der Waals surface area contributed by atoms with Crippen molar-refractivity contribution in [3.8, 4) is 0 Å². The van der Waals surface area contributed by atoms with Crippen molar-refractivity contribution in [2.75, 3.05) is 7.05 Å². The minimum atomic E-state index is 0.0215. The van der Waals surface area contributed by atoms with Crippen LogP contribution in [0.5, 0.6) is 0 Å². The average Bonchev–Trinajstić information content (AvgIpc) is 2.96. The first-order chi connectivity index (χ1) is 10.1. The quantitative estimate of drug-likeness (QED) is 0.696. The van der Waals surface area contributed by atoms with E-state index < -0.39 is 0 Å². The molecule has 0 aliphatic carbocycles. The van der Waals surface area contributed by atoms with Crippen LogP contribution in [-0.2, 0) is 6.54 Å². The van der Waals surface area contributed by atoms with E-state index in [1.165, 1.54) is 0 Å². The van der Waals surface area contributed by atoms with Gasteiger partial charge >= 0.3 is 0 Å². The van der Waals surface area contributed by atoms with Gasteiger partial charge in [-0.3, -0.25) is 4.79 Å². The number of thiazole rings is 1. The summed E-state index contributed by atoms with van der Waals surface area (Å²) in [7, 11) is 1.82. The van der Waals surface area contributed by atoms with Crippen LogP contribution >= 0.6 is 27.3 Å². The van der Waals surface area contributed by atoms with E-state index >= 15 is 0 Å². The molecular weight excluding hydrogens is 348 g/mol. The topological polar surface area (TPSA) is 33.2 Å². The molecule has 0 saturated carbocycles. The molecular formula is C16H13BrN2OS. The smallest absolute Gasteiger partial charge is 0.253 e. The molecule has 1 heterocycles. The molecule has 1 amide bonds. The van der Waals surface area contributed by atoms with Crippen LogP contribution in [0, 0.1) is 0 Å². The second-order valence-corrected chi connectivity index (χ2v) is 6.62. The van der Waals surface area contributed by atoms with Crippen molar-refractivity contribution >= 4 is 43.4 Å². The van der Waals surface area contributed by atoms with Gasteiger partial charge in [0.15, 0.2) is 0 Å². The lowest BCUT2D eigenvalue weighted by molar-refractivity contribution is 0.0785. The fourth-order valence-electron chi connectivity index (χ4n) is 2.14. The number of nitrogens with zero attached hydrogens (tertiary/aromatic N) is 2. The van der Waals surface area contributed by atoms with Crippen LogP contribution in [0.4, 0.5) is 0 Å². The minimum Gasteiger partial charge on any atom is -0.337 e. The van der Waals surface area contributed by atoms with Gasteiger partial charge in [0.25, 0.3) is 5.91 Å². The second-order valence-electron chi connectivity index (χ2n) is 4.82. The van der Waals surface area contributed by atoms with Gasteiger partial charge in [0, 0.05) is 23.6 Å². The predicted molar refractivity (Wildman–Crippen MR) is 89.6 cm³/mol. The van der Waals surface area contributed by atoms with Gasteiger partial charge in [-0.2, -0.15) is 0 Å². The van der Waals surface area contributed by atoms with Gasteiger partial charge in [0.1, 0.15) is 0 Å². The zero-order chi connectivity index (χ0) is 14.8. The lowest BCUT2D eigenvalue weighted by Gasteiger charge is -2.17. The SMILES string of the molecule is CN(Cc1ccc(Br)cc1)C(=O)c1ccc2ncsc2c1. The summed E-state index contributed by atoms with van der Waals surface area (Å²) in [6.45, 7) is 0.590. The van der Waals surface area contributed by atoms with Gasteiger partial charge in [-0.05, 0) is 35.9 Å². The maximum absolute atomic E-state index is 12.5. The van der Waals surface area contributed by atoms with E-state index in [0.717, 1.165) is 20.3 Å². The first-order valence-electron chi connectivity index (χ1n) is 6.46. The van der Waals surface area contributed by atoms with Crippen LogP contribution < -0.4 is 0 Å².